The molecule has 2 aromatic carbocycles. The number of ether oxygens (including phenoxy) is 1. The van der Waals surface area contributed by atoms with E-state index in [1.54, 1.807) is 4.90 Å². The zero-order valence-corrected chi connectivity index (χ0v) is 14.6. The Morgan fingerprint density at radius 2 is 1.85 bits per heavy atom. The van der Waals surface area contributed by atoms with E-state index in [0.29, 0.717) is 18.7 Å². The molecule has 1 amide bonds. The number of sulfonamides is 1. The summed E-state index contributed by atoms with van der Waals surface area (Å²) in [6, 6.07) is 7.09. The van der Waals surface area contributed by atoms with E-state index in [-0.39, 0.29) is 17.3 Å². The SMILES string of the molecule is COc1cc(NS(=O)(=O)c2c(F)cccc2F)ccc1N1CCCC1=O. The minimum absolute atomic E-state index is 0.0509. The van der Waals surface area contributed by atoms with Crippen molar-refractivity contribution in [2.45, 2.75) is 17.7 Å². The summed E-state index contributed by atoms with van der Waals surface area (Å²) in [5.74, 6) is -2.16. The van der Waals surface area contributed by atoms with Gasteiger partial charge in [0.05, 0.1) is 18.5 Å². The van der Waals surface area contributed by atoms with Crippen LogP contribution in [0.25, 0.3) is 0 Å². The molecule has 138 valence electrons. The normalized spacial score (nSPS) is 14.6. The summed E-state index contributed by atoms with van der Waals surface area (Å²) in [7, 11) is -3.10. The molecule has 1 saturated heterocycles. The van der Waals surface area contributed by atoms with Gasteiger partial charge in [-0.1, -0.05) is 6.07 Å². The molecule has 0 spiro atoms. The zero-order chi connectivity index (χ0) is 18.9. The Bertz CT molecular complexity index is 943. The lowest BCUT2D eigenvalue weighted by molar-refractivity contribution is -0.117. The van der Waals surface area contributed by atoms with Crippen molar-refractivity contribution >= 4 is 27.3 Å². The molecule has 1 heterocycles. The second kappa shape index (κ2) is 6.91. The number of methoxy groups -OCH3 is 1. The first kappa shape index (κ1) is 18.1. The van der Waals surface area contributed by atoms with Gasteiger partial charge in [0.25, 0.3) is 10.0 Å². The maximum absolute atomic E-state index is 13.8. The lowest BCUT2D eigenvalue weighted by atomic mass is 10.2. The number of nitrogens with zero attached hydrogens (tertiary/aromatic N) is 1. The van der Waals surface area contributed by atoms with Gasteiger partial charge in [0.15, 0.2) is 4.90 Å². The fraction of sp³-hybridized carbons (Fsp3) is 0.235. The molecular weight excluding hydrogens is 366 g/mol. The number of carbonyl (C=O) groups is 1. The van der Waals surface area contributed by atoms with Crippen LogP contribution in [-0.2, 0) is 14.8 Å². The van der Waals surface area contributed by atoms with Crippen LogP contribution in [0.3, 0.4) is 0 Å². The summed E-state index contributed by atoms with van der Waals surface area (Å²) in [6.45, 7) is 0.542. The molecular formula is C17H16F2N2O4S. The quantitative estimate of drug-likeness (QED) is 0.863. The fourth-order valence-corrected chi connectivity index (χ4v) is 4.00. The Morgan fingerprint density at radius 3 is 2.42 bits per heavy atom. The van der Waals surface area contributed by atoms with Crippen molar-refractivity contribution in [3.8, 4) is 5.75 Å². The number of amides is 1. The van der Waals surface area contributed by atoms with E-state index in [1.165, 1.54) is 25.3 Å². The summed E-state index contributed by atoms with van der Waals surface area (Å²) in [4.78, 5) is 12.4. The van der Waals surface area contributed by atoms with Gasteiger partial charge in [-0.3, -0.25) is 9.52 Å². The number of hydrogen-bond acceptors (Lipinski definition) is 4. The van der Waals surface area contributed by atoms with Gasteiger partial charge >= 0.3 is 0 Å². The number of benzene rings is 2. The molecule has 3 rings (SSSR count). The molecule has 0 bridgehead atoms. The maximum atomic E-state index is 13.8. The molecule has 26 heavy (non-hydrogen) atoms. The van der Waals surface area contributed by atoms with Gasteiger partial charge in [-0.15, -0.1) is 0 Å². The van der Waals surface area contributed by atoms with Crippen molar-refractivity contribution < 1.29 is 26.7 Å². The fourth-order valence-electron chi connectivity index (χ4n) is 2.81. The van der Waals surface area contributed by atoms with Gasteiger partial charge in [-0.05, 0) is 30.7 Å². The lowest BCUT2D eigenvalue weighted by Gasteiger charge is -2.20. The van der Waals surface area contributed by atoms with Gasteiger partial charge in [0.2, 0.25) is 5.91 Å². The minimum Gasteiger partial charge on any atom is -0.494 e. The molecule has 0 radical (unpaired) electrons. The highest BCUT2D eigenvalue weighted by atomic mass is 32.2. The number of carbonyl (C=O) groups excluding carboxylic acids is 1. The average molecular weight is 382 g/mol. The third kappa shape index (κ3) is 3.34. The van der Waals surface area contributed by atoms with E-state index in [2.05, 4.69) is 4.72 Å². The van der Waals surface area contributed by atoms with Crippen LogP contribution in [0.1, 0.15) is 12.8 Å². The van der Waals surface area contributed by atoms with Crippen LogP contribution in [0.2, 0.25) is 0 Å². The van der Waals surface area contributed by atoms with E-state index in [0.717, 1.165) is 24.6 Å². The van der Waals surface area contributed by atoms with Crippen LogP contribution in [0, 0.1) is 11.6 Å². The highest BCUT2D eigenvalue weighted by molar-refractivity contribution is 7.92. The summed E-state index contributed by atoms with van der Waals surface area (Å²) >= 11 is 0. The summed E-state index contributed by atoms with van der Waals surface area (Å²) in [6.07, 6.45) is 1.16. The first-order valence-electron chi connectivity index (χ1n) is 7.79. The standard InChI is InChI=1S/C17H16F2N2O4S/c1-25-15-10-11(7-8-14(15)21-9-3-6-16(21)22)20-26(23,24)17-12(18)4-2-5-13(17)19/h2,4-5,7-8,10,20H,3,6,9H2,1H3. The smallest absolute Gasteiger partial charge is 0.267 e. The molecule has 0 aromatic heterocycles. The van der Waals surface area contributed by atoms with E-state index >= 15 is 0 Å². The van der Waals surface area contributed by atoms with Crippen molar-refractivity contribution in [1.29, 1.82) is 0 Å². The van der Waals surface area contributed by atoms with Crippen molar-refractivity contribution in [1.82, 2.24) is 0 Å². The van der Waals surface area contributed by atoms with Gasteiger partial charge in [-0.2, -0.15) is 0 Å². The molecule has 0 atom stereocenters. The molecule has 1 fully saturated rings. The zero-order valence-electron chi connectivity index (χ0n) is 13.8. The van der Waals surface area contributed by atoms with Crippen LogP contribution in [-0.4, -0.2) is 28.0 Å². The van der Waals surface area contributed by atoms with Crippen LogP contribution in [0.15, 0.2) is 41.3 Å². The molecule has 1 aliphatic rings. The van der Waals surface area contributed by atoms with Gasteiger partial charge in [0.1, 0.15) is 17.4 Å². The Balaban J connectivity index is 1.94. The number of rotatable bonds is 5. The van der Waals surface area contributed by atoms with Crippen molar-refractivity contribution in [3.63, 3.8) is 0 Å². The molecule has 1 N–H and O–H groups in total. The van der Waals surface area contributed by atoms with E-state index < -0.39 is 26.6 Å². The topological polar surface area (TPSA) is 75.7 Å². The summed E-state index contributed by atoms with van der Waals surface area (Å²) in [5.41, 5.74) is 0.565. The molecule has 2 aromatic rings. The Morgan fingerprint density at radius 1 is 1.15 bits per heavy atom. The predicted octanol–water partition coefficient (Wildman–Crippen LogP) is 2.90. The largest absolute Gasteiger partial charge is 0.494 e. The van der Waals surface area contributed by atoms with Gasteiger partial charge < -0.3 is 9.64 Å². The Labute approximate surface area is 149 Å². The van der Waals surface area contributed by atoms with Crippen molar-refractivity contribution in [3.05, 3.63) is 48.0 Å². The third-order valence-corrected chi connectivity index (χ3v) is 5.42. The van der Waals surface area contributed by atoms with Crippen LogP contribution in [0.5, 0.6) is 5.75 Å². The molecule has 0 saturated carbocycles. The number of hydrogen-bond donors (Lipinski definition) is 1. The van der Waals surface area contributed by atoms with Crippen LogP contribution >= 0.6 is 0 Å². The monoisotopic (exact) mass is 382 g/mol. The Hall–Kier alpha value is -2.68. The minimum atomic E-state index is -4.48. The molecule has 9 heteroatoms. The van der Waals surface area contributed by atoms with E-state index in [1.807, 2.05) is 0 Å². The maximum Gasteiger partial charge on any atom is 0.267 e. The summed E-state index contributed by atoms with van der Waals surface area (Å²) in [5, 5.41) is 0. The molecule has 0 unspecified atom stereocenters. The molecule has 1 aliphatic heterocycles. The highest BCUT2D eigenvalue weighted by Gasteiger charge is 2.26. The number of nitrogens with one attached hydrogen (secondary N) is 1. The highest BCUT2D eigenvalue weighted by Crippen LogP contribution is 2.34. The predicted molar refractivity (Wildman–Crippen MR) is 91.7 cm³/mol. The van der Waals surface area contributed by atoms with Crippen LogP contribution in [0.4, 0.5) is 20.2 Å². The number of halogens is 2. The molecule has 0 aliphatic carbocycles. The molecule has 6 nitrogen and oxygen atoms in total. The van der Waals surface area contributed by atoms with Gasteiger partial charge in [0, 0.05) is 19.0 Å². The third-order valence-electron chi connectivity index (χ3n) is 3.98. The van der Waals surface area contributed by atoms with E-state index in [4.69, 9.17) is 4.74 Å². The van der Waals surface area contributed by atoms with E-state index in [9.17, 15) is 22.0 Å². The van der Waals surface area contributed by atoms with Crippen molar-refractivity contribution in [2.24, 2.45) is 0 Å². The number of anilines is 2. The van der Waals surface area contributed by atoms with Crippen LogP contribution < -0.4 is 14.4 Å². The average Bonchev–Trinajstić information content (AvgIpc) is 2.99. The second-order valence-electron chi connectivity index (χ2n) is 5.69. The lowest BCUT2D eigenvalue weighted by Crippen LogP contribution is -2.24. The Kier molecular flexibility index (Phi) is 4.82. The summed E-state index contributed by atoms with van der Waals surface area (Å²) < 4.78 is 59.6. The first-order valence-corrected chi connectivity index (χ1v) is 9.27. The van der Waals surface area contributed by atoms with Gasteiger partial charge in [-0.25, -0.2) is 17.2 Å². The van der Waals surface area contributed by atoms with Crippen molar-refractivity contribution in [2.75, 3.05) is 23.3 Å². The first-order chi connectivity index (χ1) is 12.3. The second-order valence-corrected chi connectivity index (χ2v) is 7.31.